The SMILES string of the molecule is CCNCC(=O)N(Cc1ccc(C2CCCCC2)cc1)c1ccc(C(=O)OC)cc1F. The fourth-order valence-corrected chi connectivity index (χ4v) is 4.12. The monoisotopic (exact) mass is 426 g/mol. The molecule has 2 aromatic rings. The summed E-state index contributed by atoms with van der Waals surface area (Å²) in [4.78, 5) is 26.0. The Labute approximate surface area is 183 Å². The molecule has 0 spiro atoms. The maximum Gasteiger partial charge on any atom is 0.337 e. The molecule has 1 fully saturated rings. The van der Waals surface area contributed by atoms with E-state index >= 15 is 0 Å². The van der Waals surface area contributed by atoms with Gasteiger partial charge in [0, 0.05) is 0 Å². The van der Waals surface area contributed by atoms with Crippen molar-refractivity contribution in [3.63, 3.8) is 0 Å². The van der Waals surface area contributed by atoms with E-state index in [1.807, 2.05) is 19.1 Å². The molecule has 3 rings (SSSR count). The number of carbonyl (C=O) groups is 2. The van der Waals surface area contributed by atoms with Gasteiger partial charge < -0.3 is 15.0 Å². The van der Waals surface area contributed by atoms with Gasteiger partial charge >= 0.3 is 5.97 Å². The Hall–Kier alpha value is -2.73. The second-order valence-corrected chi connectivity index (χ2v) is 7.99. The van der Waals surface area contributed by atoms with Crippen molar-refractivity contribution in [3.05, 3.63) is 65.0 Å². The number of anilines is 1. The van der Waals surface area contributed by atoms with E-state index in [1.165, 1.54) is 61.8 Å². The van der Waals surface area contributed by atoms with Crippen molar-refractivity contribution < 1.29 is 18.7 Å². The van der Waals surface area contributed by atoms with E-state index < -0.39 is 11.8 Å². The highest BCUT2D eigenvalue weighted by Gasteiger charge is 2.21. The third-order valence-electron chi connectivity index (χ3n) is 5.88. The van der Waals surface area contributed by atoms with E-state index in [0.717, 1.165) is 11.6 Å². The largest absolute Gasteiger partial charge is 0.465 e. The molecule has 6 heteroatoms. The Morgan fingerprint density at radius 1 is 1.10 bits per heavy atom. The first-order valence-electron chi connectivity index (χ1n) is 11.0. The first-order valence-corrected chi connectivity index (χ1v) is 11.0. The summed E-state index contributed by atoms with van der Waals surface area (Å²) >= 11 is 0. The predicted molar refractivity (Wildman–Crippen MR) is 120 cm³/mol. The van der Waals surface area contributed by atoms with Gasteiger partial charge in [0.05, 0.1) is 31.5 Å². The van der Waals surface area contributed by atoms with E-state index in [0.29, 0.717) is 12.5 Å². The normalized spacial score (nSPS) is 14.3. The minimum absolute atomic E-state index is 0.106. The summed E-state index contributed by atoms with van der Waals surface area (Å²) in [5.74, 6) is -0.874. The molecule has 0 unspecified atom stereocenters. The minimum atomic E-state index is -0.633. The quantitative estimate of drug-likeness (QED) is 0.616. The molecule has 0 aliphatic heterocycles. The molecule has 2 aromatic carbocycles. The highest BCUT2D eigenvalue weighted by Crippen LogP contribution is 2.33. The molecule has 0 atom stereocenters. The van der Waals surface area contributed by atoms with Crippen LogP contribution in [0.15, 0.2) is 42.5 Å². The molecular formula is C25H31FN2O3. The number of hydrogen-bond donors (Lipinski definition) is 1. The standard InChI is InChI=1S/C25H31FN2O3/c1-3-27-16-24(29)28(23-14-13-21(15-22(23)26)25(30)31-2)17-18-9-11-20(12-10-18)19-7-5-4-6-8-19/h9-15,19,27H,3-8,16-17H2,1-2H3. The zero-order valence-electron chi connectivity index (χ0n) is 18.3. The van der Waals surface area contributed by atoms with Crippen LogP contribution in [0.2, 0.25) is 0 Å². The van der Waals surface area contributed by atoms with E-state index in [1.54, 1.807) is 0 Å². The van der Waals surface area contributed by atoms with Crippen LogP contribution in [0.25, 0.3) is 0 Å². The van der Waals surface area contributed by atoms with Gasteiger partial charge in [0.25, 0.3) is 0 Å². The molecule has 0 bridgehead atoms. The zero-order chi connectivity index (χ0) is 22.2. The molecule has 5 nitrogen and oxygen atoms in total. The number of amides is 1. The van der Waals surface area contributed by atoms with Crippen LogP contribution < -0.4 is 10.2 Å². The fourth-order valence-electron chi connectivity index (χ4n) is 4.12. The average Bonchev–Trinajstić information content (AvgIpc) is 2.81. The maximum absolute atomic E-state index is 14.9. The van der Waals surface area contributed by atoms with Gasteiger partial charge in [-0.3, -0.25) is 4.79 Å². The van der Waals surface area contributed by atoms with Gasteiger partial charge in [-0.05, 0) is 54.6 Å². The Balaban J connectivity index is 1.82. The van der Waals surface area contributed by atoms with Crippen LogP contribution >= 0.6 is 0 Å². The highest BCUT2D eigenvalue weighted by molar-refractivity contribution is 5.96. The Morgan fingerprint density at radius 3 is 2.42 bits per heavy atom. The lowest BCUT2D eigenvalue weighted by atomic mass is 9.84. The molecule has 0 heterocycles. The average molecular weight is 427 g/mol. The van der Waals surface area contributed by atoms with Gasteiger partial charge in [0.1, 0.15) is 5.82 Å². The molecule has 0 saturated heterocycles. The summed E-state index contributed by atoms with van der Waals surface area (Å²) in [6.45, 7) is 2.91. The van der Waals surface area contributed by atoms with Gasteiger partial charge in [-0.1, -0.05) is 50.5 Å². The van der Waals surface area contributed by atoms with Crippen LogP contribution in [-0.4, -0.2) is 32.1 Å². The van der Waals surface area contributed by atoms with Crippen LogP contribution in [0.5, 0.6) is 0 Å². The van der Waals surface area contributed by atoms with Crippen molar-refractivity contribution in [2.45, 2.75) is 51.5 Å². The lowest BCUT2D eigenvalue weighted by molar-refractivity contribution is -0.118. The van der Waals surface area contributed by atoms with Crippen LogP contribution in [0.3, 0.4) is 0 Å². The van der Waals surface area contributed by atoms with Crippen molar-refractivity contribution in [2.24, 2.45) is 0 Å². The van der Waals surface area contributed by atoms with E-state index in [2.05, 4.69) is 22.2 Å². The Morgan fingerprint density at radius 2 is 1.81 bits per heavy atom. The summed E-state index contributed by atoms with van der Waals surface area (Å²) in [5, 5.41) is 3.01. The van der Waals surface area contributed by atoms with Crippen LogP contribution in [0.4, 0.5) is 10.1 Å². The summed E-state index contributed by atoms with van der Waals surface area (Å²) in [7, 11) is 1.25. The van der Waals surface area contributed by atoms with Crippen LogP contribution in [0.1, 0.15) is 66.4 Å². The molecular weight excluding hydrogens is 395 g/mol. The summed E-state index contributed by atoms with van der Waals surface area (Å²) < 4.78 is 19.5. The summed E-state index contributed by atoms with van der Waals surface area (Å²) in [6, 6.07) is 12.4. The lowest BCUT2D eigenvalue weighted by Gasteiger charge is -2.25. The first-order chi connectivity index (χ1) is 15.0. The number of likely N-dealkylation sites (N-methyl/N-ethyl adjacent to an activating group) is 1. The van der Waals surface area contributed by atoms with Crippen molar-refractivity contribution in [1.29, 1.82) is 0 Å². The van der Waals surface area contributed by atoms with Crippen LogP contribution in [-0.2, 0) is 16.1 Å². The lowest BCUT2D eigenvalue weighted by Crippen LogP contribution is -2.38. The predicted octanol–water partition coefficient (Wildman–Crippen LogP) is 4.80. The Bertz CT molecular complexity index is 892. The third-order valence-corrected chi connectivity index (χ3v) is 5.88. The van der Waals surface area contributed by atoms with Crippen LogP contribution in [0, 0.1) is 5.82 Å². The molecule has 31 heavy (non-hydrogen) atoms. The van der Waals surface area contributed by atoms with Gasteiger partial charge in [0.15, 0.2) is 0 Å². The van der Waals surface area contributed by atoms with E-state index in [-0.39, 0.29) is 30.2 Å². The van der Waals surface area contributed by atoms with Gasteiger partial charge in [-0.15, -0.1) is 0 Å². The smallest absolute Gasteiger partial charge is 0.337 e. The molecule has 1 saturated carbocycles. The number of benzene rings is 2. The number of ether oxygens (including phenoxy) is 1. The second kappa shape index (κ2) is 11.0. The number of nitrogens with one attached hydrogen (secondary N) is 1. The summed E-state index contributed by atoms with van der Waals surface area (Å²) in [5.41, 5.74) is 2.52. The van der Waals surface area contributed by atoms with Crippen molar-refractivity contribution in [2.75, 3.05) is 25.1 Å². The Kier molecular flexibility index (Phi) is 8.18. The number of rotatable bonds is 8. The zero-order valence-corrected chi connectivity index (χ0v) is 18.3. The molecule has 1 N–H and O–H groups in total. The topological polar surface area (TPSA) is 58.6 Å². The second-order valence-electron chi connectivity index (χ2n) is 7.99. The number of halogens is 1. The van der Waals surface area contributed by atoms with Gasteiger partial charge in [0.2, 0.25) is 5.91 Å². The molecule has 1 aliphatic carbocycles. The highest BCUT2D eigenvalue weighted by atomic mass is 19.1. The number of esters is 1. The molecule has 166 valence electrons. The van der Waals surface area contributed by atoms with E-state index in [4.69, 9.17) is 0 Å². The minimum Gasteiger partial charge on any atom is -0.465 e. The van der Waals surface area contributed by atoms with Gasteiger partial charge in [-0.25, -0.2) is 9.18 Å². The van der Waals surface area contributed by atoms with Crippen molar-refractivity contribution in [3.8, 4) is 0 Å². The number of nitrogens with zero attached hydrogens (tertiary/aromatic N) is 1. The molecule has 0 radical (unpaired) electrons. The first kappa shape index (κ1) is 22.9. The molecule has 1 aliphatic rings. The number of carbonyl (C=O) groups excluding carboxylic acids is 2. The summed E-state index contributed by atoms with van der Waals surface area (Å²) in [6.07, 6.45) is 6.33. The van der Waals surface area contributed by atoms with E-state index in [9.17, 15) is 14.0 Å². The van der Waals surface area contributed by atoms with Crippen molar-refractivity contribution >= 4 is 17.6 Å². The third kappa shape index (κ3) is 5.91. The fraction of sp³-hybridized carbons (Fsp3) is 0.440. The number of methoxy groups -OCH3 is 1. The maximum atomic E-state index is 14.9. The molecule has 0 aromatic heterocycles. The molecule has 1 amide bonds. The van der Waals surface area contributed by atoms with Crippen molar-refractivity contribution in [1.82, 2.24) is 5.32 Å². The van der Waals surface area contributed by atoms with Gasteiger partial charge in [-0.2, -0.15) is 0 Å². The number of hydrogen-bond acceptors (Lipinski definition) is 4.